The summed E-state index contributed by atoms with van der Waals surface area (Å²) in [6.45, 7) is 9.23. The van der Waals surface area contributed by atoms with E-state index in [0.29, 0.717) is 40.3 Å². The van der Waals surface area contributed by atoms with Gasteiger partial charge in [-0.2, -0.15) is 4.98 Å². The van der Waals surface area contributed by atoms with Crippen LogP contribution in [0.25, 0.3) is 16.9 Å². The highest BCUT2D eigenvalue weighted by atomic mass is 16.3. The number of likely N-dealkylation sites (tertiary alicyclic amines) is 1. The van der Waals surface area contributed by atoms with Crippen LogP contribution in [0.3, 0.4) is 0 Å². The Morgan fingerprint density at radius 2 is 1.83 bits per heavy atom. The molecular weight excluding hydrogens is 530 g/mol. The van der Waals surface area contributed by atoms with Gasteiger partial charge in [0.2, 0.25) is 11.9 Å². The lowest BCUT2D eigenvalue weighted by molar-refractivity contribution is -0.140. The molecule has 0 atom stereocenters. The molecule has 4 aromatic rings. The fourth-order valence-electron chi connectivity index (χ4n) is 5.93. The van der Waals surface area contributed by atoms with Crippen LogP contribution in [0.5, 0.6) is 0 Å². The van der Waals surface area contributed by atoms with Crippen molar-refractivity contribution in [2.75, 3.05) is 18.4 Å². The molecule has 0 spiro atoms. The van der Waals surface area contributed by atoms with Crippen molar-refractivity contribution in [2.24, 2.45) is 5.92 Å². The summed E-state index contributed by atoms with van der Waals surface area (Å²) in [5.41, 5.74) is 1.59. The topological polar surface area (TPSA) is 118 Å². The zero-order valence-electron chi connectivity index (χ0n) is 24.2. The monoisotopic (exact) mass is 567 g/mol. The Bertz CT molecular complexity index is 1670. The lowest BCUT2D eigenvalue weighted by Gasteiger charge is -2.36. The van der Waals surface area contributed by atoms with Crippen LogP contribution < -0.4 is 10.9 Å². The molecule has 6 rings (SSSR count). The molecule has 1 amide bonds. The quantitative estimate of drug-likeness (QED) is 0.298. The second-order valence-electron chi connectivity index (χ2n) is 11.8. The van der Waals surface area contributed by atoms with Crippen LogP contribution in [0.1, 0.15) is 63.1 Å². The minimum Gasteiger partial charge on any atom is -0.384 e. The Morgan fingerprint density at radius 3 is 2.48 bits per heavy atom. The summed E-state index contributed by atoms with van der Waals surface area (Å²) in [5, 5.41) is 14.1. The van der Waals surface area contributed by atoms with Crippen LogP contribution >= 0.6 is 0 Å². The Labute approximate surface area is 244 Å². The average molecular weight is 568 g/mol. The highest BCUT2D eigenvalue weighted by Crippen LogP contribution is 2.37. The third-order valence-corrected chi connectivity index (χ3v) is 8.44. The van der Waals surface area contributed by atoms with Crippen molar-refractivity contribution in [1.82, 2.24) is 29.2 Å². The number of fused-ring (bicyclic) bond motifs is 1. The zero-order chi connectivity index (χ0) is 29.4. The van der Waals surface area contributed by atoms with Crippen molar-refractivity contribution in [2.45, 2.75) is 64.0 Å². The van der Waals surface area contributed by atoms with E-state index in [4.69, 9.17) is 4.98 Å². The van der Waals surface area contributed by atoms with Crippen molar-refractivity contribution in [3.63, 3.8) is 0 Å². The second kappa shape index (κ2) is 11.2. The molecule has 2 N–H and O–H groups in total. The van der Waals surface area contributed by atoms with E-state index in [1.54, 1.807) is 42.8 Å². The number of carbonyl (C=O) groups is 1. The number of nitrogens with zero attached hydrogens (tertiary/aromatic N) is 6. The molecule has 1 saturated heterocycles. The van der Waals surface area contributed by atoms with Gasteiger partial charge in [0.1, 0.15) is 11.0 Å². The summed E-state index contributed by atoms with van der Waals surface area (Å²) in [6, 6.07) is 13.6. The molecule has 0 bridgehead atoms. The molecule has 2 fully saturated rings. The SMILES string of the molecule is C=CCn1c(=O)c2cnc(Nc3ccc(C4CCC(C(=O)N5CCC5)CC4)cc3)nc2n1-c1cccc(C(C)(C)O)n1. The number of carbonyl (C=O) groups excluding carboxylic acids is 1. The summed E-state index contributed by atoms with van der Waals surface area (Å²) >= 11 is 0. The number of hydrogen-bond acceptors (Lipinski definition) is 7. The molecule has 1 aliphatic carbocycles. The molecule has 4 heterocycles. The van der Waals surface area contributed by atoms with Gasteiger partial charge in [0.15, 0.2) is 11.5 Å². The summed E-state index contributed by atoms with van der Waals surface area (Å²) < 4.78 is 3.15. The molecule has 10 heteroatoms. The Hall–Kier alpha value is -4.31. The maximum Gasteiger partial charge on any atom is 0.278 e. The van der Waals surface area contributed by atoms with E-state index in [1.807, 2.05) is 17.0 Å². The Balaban J connectivity index is 1.23. The standard InChI is InChI=1S/C32H37N7O3/c1-4-17-38-30(41)25-20-33-31(36-28(25)39(38)27-8-5-7-26(35-27)32(2,3)42)34-24-15-13-22(14-16-24)21-9-11-23(12-10-21)29(40)37-18-6-19-37/h4-5,7-8,13-16,20-21,23,42H,1,6,9-12,17-19H2,2-3H3,(H,33,34,36). The van der Waals surface area contributed by atoms with E-state index in [0.717, 1.165) is 50.9 Å². The van der Waals surface area contributed by atoms with E-state index in [1.165, 1.54) is 16.4 Å². The number of amides is 1. The molecule has 42 heavy (non-hydrogen) atoms. The van der Waals surface area contributed by atoms with Crippen LogP contribution in [0.15, 0.2) is 66.1 Å². The Morgan fingerprint density at radius 1 is 1.10 bits per heavy atom. The van der Waals surface area contributed by atoms with Gasteiger partial charge in [0.05, 0.1) is 12.2 Å². The summed E-state index contributed by atoms with van der Waals surface area (Å²) in [7, 11) is 0. The number of rotatable bonds is 8. The third kappa shape index (κ3) is 5.34. The van der Waals surface area contributed by atoms with Gasteiger partial charge in [-0.3, -0.25) is 9.59 Å². The van der Waals surface area contributed by atoms with E-state index in [-0.39, 0.29) is 18.0 Å². The van der Waals surface area contributed by atoms with Gasteiger partial charge < -0.3 is 15.3 Å². The predicted octanol–water partition coefficient (Wildman–Crippen LogP) is 4.64. The minimum atomic E-state index is -1.15. The first-order valence-corrected chi connectivity index (χ1v) is 14.7. The van der Waals surface area contributed by atoms with Gasteiger partial charge >= 0.3 is 0 Å². The molecule has 10 nitrogen and oxygen atoms in total. The van der Waals surface area contributed by atoms with Gasteiger partial charge in [0, 0.05) is 30.9 Å². The number of anilines is 2. The van der Waals surface area contributed by atoms with Gasteiger partial charge in [0.25, 0.3) is 5.56 Å². The van der Waals surface area contributed by atoms with E-state index in [9.17, 15) is 14.7 Å². The molecule has 0 radical (unpaired) electrons. The van der Waals surface area contributed by atoms with Gasteiger partial charge in [-0.25, -0.2) is 19.3 Å². The highest BCUT2D eigenvalue weighted by Gasteiger charge is 2.32. The normalized spacial score (nSPS) is 19.0. The maximum atomic E-state index is 13.3. The van der Waals surface area contributed by atoms with Crippen LogP contribution in [0.4, 0.5) is 11.6 Å². The van der Waals surface area contributed by atoms with E-state index in [2.05, 4.69) is 34.0 Å². The van der Waals surface area contributed by atoms with E-state index >= 15 is 0 Å². The average Bonchev–Trinajstić information content (AvgIpc) is 3.23. The van der Waals surface area contributed by atoms with Crippen molar-refractivity contribution in [1.29, 1.82) is 0 Å². The predicted molar refractivity (Wildman–Crippen MR) is 162 cm³/mol. The van der Waals surface area contributed by atoms with Crippen LogP contribution in [-0.4, -0.2) is 53.3 Å². The smallest absolute Gasteiger partial charge is 0.278 e. The fraction of sp³-hybridized carbons (Fsp3) is 0.406. The lowest BCUT2D eigenvalue weighted by Crippen LogP contribution is -2.45. The van der Waals surface area contributed by atoms with Crippen molar-refractivity contribution in [3.05, 3.63) is 82.9 Å². The summed E-state index contributed by atoms with van der Waals surface area (Å²) in [5.74, 6) is 1.80. The van der Waals surface area contributed by atoms with Gasteiger partial charge in [-0.15, -0.1) is 6.58 Å². The fourth-order valence-corrected chi connectivity index (χ4v) is 5.93. The van der Waals surface area contributed by atoms with Crippen molar-refractivity contribution in [3.8, 4) is 5.82 Å². The molecule has 1 aromatic carbocycles. The molecule has 218 valence electrons. The molecule has 2 aliphatic rings. The first-order chi connectivity index (χ1) is 20.2. The lowest BCUT2D eigenvalue weighted by atomic mass is 9.78. The summed E-state index contributed by atoms with van der Waals surface area (Å²) in [6.07, 6.45) is 8.26. The molecule has 1 saturated carbocycles. The van der Waals surface area contributed by atoms with Crippen molar-refractivity contribution < 1.29 is 9.90 Å². The zero-order valence-corrected chi connectivity index (χ0v) is 24.2. The van der Waals surface area contributed by atoms with Crippen LogP contribution in [-0.2, 0) is 16.9 Å². The largest absolute Gasteiger partial charge is 0.384 e. The van der Waals surface area contributed by atoms with E-state index < -0.39 is 5.60 Å². The minimum absolute atomic E-state index is 0.182. The molecule has 3 aromatic heterocycles. The van der Waals surface area contributed by atoms with Gasteiger partial charge in [-0.1, -0.05) is 24.3 Å². The maximum absolute atomic E-state index is 13.3. The number of hydrogen-bond donors (Lipinski definition) is 2. The number of nitrogens with one attached hydrogen (secondary N) is 1. The molecule has 0 unspecified atom stereocenters. The second-order valence-corrected chi connectivity index (χ2v) is 11.8. The van der Waals surface area contributed by atoms with Crippen LogP contribution in [0.2, 0.25) is 0 Å². The first-order valence-electron chi connectivity index (χ1n) is 14.7. The number of aliphatic hydroxyl groups is 1. The molecular formula is C32H37N7O3. The first kappa shape index (κ1) is 27.8. The van der Waals surface area contributed by atoms with Crippen molar-refractivity contribution >= 4 is 28.6 Å². The van der Waals surface area contributed by atoms with Gasteiger partial charge in [-0.05, 0) is 81.7 Å². The molecule has 1 aliphatic heterocycles. The number of benzene rings is 1. The summed E-state index contributed by atoms with van der Waals surface area (Å²) in [4.78, 5) is 41.6. The third-order valence-electron chi connectivity index (χ3n) is 8.44. The number of pyridine rings is 1. The Kier molecular flexibility index (Phi) is 7.40. The van der Waals surface area contributed by atoms with Crippen LogP contribution in [0, 0.1) is 5.92 Å². The highest BCUT2D eigenvalue weighted by molar-refractivity contribution is 5.79. The number of aromatic nitrogens is 5. The number of allylic oxidation sites excluding steroid dienone is 1.